The molecule has 0 aliphatic heterocycles. The highest BCUT2D eigenvalue weighted by Crippen LogP contribution is 2.05. The lowest BCUT2D eigenvalue weighted by Crippen LogP contribution is -2.19. The predicted octanol–water partition coefficient (Wildman–Crippen LogP) is 2.60. The van der Waals surface area contributed by atoms with Crippen LogP contribution in [0.4, 0.5) is 0 Å². The first-order valence-corrected chi connectivity index (χ1v) is 15.7. The summed E-state index contributed by atoms with van der Waals surface area (Å²) in [5.74, 6) is -0.144. The number of hydrogen-bond donors (Lipinski definition) is 0. The molecule has 42 heavy (non-hydrogen) atoms. The van der Waals surface area contributed by atoms with E-state index in [4.69, 9.17) is 47.4 Å². The highest BCUT2D eigenvalue weighted by atomic mass is 16.6. The van der Waals surface area contributed by atoms with E-state index >= 15 is 0 Å². The molecule has 0 atom stereocenters. The second-order valence-electron chi connectivity index (χ2n) is 9.70. The highest BCUT2D eigenvalue weighted by molar-refractivity contribution is 5.69. The smallest absolute Gasteiger partial charge is 0.305 e. The van der Waals surface area contributed by atoms with Gasteiger partial charge in [0, 0.05) is 13.0 Å². The monoisotopic (exact) mass is 611 g/mol. The Labute approximate surface area is 254 Å². The molecule has 0 radical (unpaired) electrons. The minimum Gasteiger partial charge on any atom is -0.463 e. The Balaban J connectivity index is 3.09. The first-order valence-electron chi connectivity index (χ1n) is 15.7. The van der Waals surface area contributed by atoms with Crippen LogP contribution in [0.5, 0.6) is 0 Å². The zero-order chi connectivity index (χ0) is 30.6. The van der Waals surface area contributed by atoms with Crippen LogP contribution in [-0.4, -0.2) is 157 Å². The van der Waals surface area contributed by atoms with Crippen LogP contribution < -0.4 is 0 Å². The van der Waals surface area contributed by atoms with Crippen molar-refractivity contribution in [2.45, 2.75) is 45.4 Å². The van der Waals surface area contributed by atoms with Crippen molar-refractivity contribution in [2.75, 3.05) is 146 Å². The second kappa shape index (κ2) is 36.3. The van der Waals surface area contributed by atoms with Crippen molar-refractivity contribution in [3.05, 3.63) is 0 Å². The van der Waals surface area contributed by atoms with Crippen LogP contribution in [0.1, 0.15) is 45.4 Å². The third kappa shape index (κ3) is 37.1. The highest BCUT2D eigenvalue weighted by Gasteiger charge is 2.02. The Morgan fingerprint density at radius 2 is 0.738 bits per heavy atom. The molecule has 12 heteroatoms. The summed E-state index contributed by atoms with van der Waals surface area (Å²) in [4.78, 5) is 13.7. The Morgan fingerprint density at radius 3 is 1.07 bits per heavy atom. The van der Waals surface area contributed by atoms with Gasteiger partial charge in [0.25, 0.3) is 0 Å². The SMILES string of the molecule is CCCCCCCC(=O)OCCOCCOCCOCCOCCOCCOCCOCCOCCOCCN(C)C. The zero-order valence-electron chi connectivity index (χ0n) is 26.8. The number of carbonyl (C=O) groups excluding carboxylic acids is 1. The zero-order valence-corrected chi connectivity index (χ0v) is 26.8. The summed E-state index contributed by atoms with van der Waals surface area (Å²) in [5, 5.41) is 0. The third-order valence-electron chi connectivity index (χ3n) is 5.63. The van der Waals surface area contributed by atoms with Crippen LogP contribution in [0.2, 0.25) is 0 Å². The molecule has 0 bridgehead atoms. The number of nitrogens with zero attached hydrogens (tertiary/aromatic N) is 1. The molecule has 0 fully saturated rings. The van der Waals surface area contributed by atoms with Crippen LogP contribution in [0.15, 0.2) is 0 Å². The van der Waals surface area contributed by atoms with E-state index in [1.54, 1.807) is 0 Å². The van der Waals surface area contributed by atoms with E-state index in [2.05, 4.69) is 11.8 Å². The topological polar surface area (TPSA) is 113 Å². The number of hydrogen-bond acceptors (Lipinski definition) is 12. The summed E-state index contributed by atoms with van der Waals surface area (Å²) in [7, 11) is 4.04. The lowest BCUT2D eigenvalue weighted by atomic mass is 10.1. The molecule has 0 aliphatic rings. The maximum absolute atomic E-state index is 11.6. The van der Waals surface area contributed by atoms with Gasteiger partial charge in [0.1, 0.15) is 6.61 Å². The van der Waals surface area contributed by atoms with Crippen LogP contribution in [-0.2, 0) is 52.2 Å². The van der Waals surface area contributed by atoms with Gasteiger partial charge in [-0.1, -0.05) is 32.6 Å². The number of esters is 1. The second-order valence-corrected chi connectivity index (χ2v) is 9.70. The number of unbranched alkanes of at least 4 members (excludes halogenated alkanes) is 4. The van der Waals surface area contributed by atoms with Crippen LogP contribution in [0.3, 0.4) is 0 Å². The molecular weight excluding hydrogens is 550 g/mol. The van der Waals surface area contributed by atoms with E-state index in [-0.39, 0.29) is 12.6 Å². The molecule has 0 N–H and O–H groups in total. The molecular formula is C30H61NO11. The normalized spacial score (nSPS) is 11.5. The van der Waals surface area contributed by atoms with Gasteiger partial charge >= 0.3 is 5.97 Å². The van der Waals surface area contributed by atoms with Crippen LogP contribution >= 0.6 is 0 Å². The van der Waals surface area contributed by atoms with Gasteiger partial charge < -0.3 is 52.3 Å². The maximum Gasteiger partial charge on any atom is 0.305 e. The van der Waals surface area contributed by atoms with Crippen molar-refractivity contribution >= 4 is 5.97 Å². The van der Waals surface area contributed by atoms with Crippen molar-refractivity contribution in [3.63, 3.8) is 0 Å². The van der Waals surface area contributed by atoms with Crippen molar-refractivity contribution in [1.29, 1.82) is 0 Å². The summed E-state index contributed by atoms with van der Waals surface area (Å²) in [6.07, 6.45) is 6.09. The molecule has 0 saturated carbocycles. The minimum atomic E-state index is -0.144. The fourth-order valence-electron chi connectivity index (χ4n) is 3.27. The number of rotatable bonds is 36. The molecule has 0 heterocycles. The minimum absolute atomic E-state index is 0.144. The first kappa shape index (κ1) is 41.1. The fraction of sp³-hybridized carbons (Fsp3) is 0.967. The summed E-state index contributed by atoms with van der Waals surface area (Å²) in [5.41, 5.74) is 0. The molecule has 0 aromatic rings. The van der Waals surface area contributed by atoms with Crippen LogP contribution in [0.25, 0.3) is 0 Å². The molecule has 0 aliphatic carbocycles. The summed E-state index contributed by atoms with van der Waals surface area (Å²) < 4.78 is 54.2. The molecule has 0 spiro atoms. The molecule has 0 aromatic heterocycles. The third-order valence-corrected chi connectivity index (χ3v) is 5.63. The fourth-order valence-corrected chi connectivity index (χ4v) is 3.27. The van der Waals surface area contributed by atoms with E-state index in [1.807, 2.05) is 14.1 Å². The molecule has 0 saturated heterocycles. The quantitative estimate of drug-likeness (QED) is 0.0767. The average Bonchev–Trinajstić information content (AvgIpc) is 2.98. The van der Waals surface area contributed by atoms with Gasteiger partial charge in [0.2, 0.25) is 0 Å². The number of carbonyl (C=O) groups is 1. The summed E-state index contributed by atoms with van der Waals surface area (Å²) in [6, 6.07) is 0. The standard InChI is InChI=1S/C30H61NO11/c1-4-5-6-7-8-9-30(32)42-29-28-41-27-26-40-25-24-39-23-22-38-21-20-37-19-18-36-17-16-35-15-14-34-13-12-33-11-10-31(2)3/h4-29H2,1-3H3. The Morgan fingerprint density at radius 1 is 0.429 bits per heavy atom. The molecule has 0 rings (SSSR count). The largest absolute Gasteiger partial charge is 0.463 e. The first-order chi connectivity index (χ1) is 20.7. The van der Waals surface area contributed by atoms with Crippen molar-refractivity contribution in [2.24, 2.45) is 0 Å². The van der Waals surface area contributed by atoms with Crippen molar-refractivity contribution in [1.82, 2.24) is 4.90 Å². The van der Waals surface area contributed by atoms with Gasteiger partial charge in [-0.25, -0.2) is 0 Å². The van der Waals surface area contributed by atoms with Crippen molar-refractivity contribution < 1.29 is 52.2 Å². The summed E-state index contributed by atoms with van der Waals surface area (Å²) >= 11 is 0. The van der Waals surface area contributed by atoms with E-state index in [0.717, 1.165) is 19.4 Å². The molecule has 12 nitrogen and oxygen atoms in total. The lowest BCUT2D eigenvalue weighted by Gasteiger charge is -2.10. The molecule has 252 valence electrons. The lowest BCUT2D eigenvalue weighted by molar-refractivity contribution is -0.145. The molecule has 0 unspecified atom stereocenters. The summed E-state index contributed by atoms with van der Waals surface area (Å²) in [6.45, 7) is 12.8. The van der Waals surface area contributed by atoms with Gasteiger partial charge in [-0.15, -0.1) is 0 Å². The predicted molar refractivity (Wildman–Crippen MR) is 160 cm³/mol. The number of likely N-dealkylation sites (N-methyl/N-ethyl adjacent to an activating group) is 1. The van der Waals surface area contributed by atoms with E-state index in [9.17, 15) is 4.79 Å². The molecule has 0 aromatic carbocycles. The van der Waals surface area contributed by atoms with E-state index in [0.29, 0.717) is 125 Å². The van der Waals surface area contributed by atoms with E-state index in [1.165, 1.54) is 19.3 Å². The van der Waals surface area contributed by atoms with Crippen LogP contribution in [0, 0.1) is 0 Å². The Bertz CT molecular complexity index is 529. The van der Waals surface area contributed by atoms with Gasteiger partial charge in [-0.3, -0.25) is 4.79 Å². The van der Waals surface area contributed by atoms with Gasteiger partial charge in [-0.2, -0.15) is 0 Å². The van der Waals surface area contributed by atoms with E-state index < -0.39 is 0 Å². The number of ether oxygens (including phenoxy) is 10. The Hall–Kier alpha value is -0.930. The maximum atomic E-state index is 11.6. The Kier molecular flexibility index (Phi) is 35.5. The van der Waals surface area contributed by atoms with Gasteiger partial charge in [0.15, 0.2) is 0 Å². The van der Waals surface area contributed by atoms with Gasteiger partial charge in [-0.05, 0) is 20.5 Å². The molecule has 0 amide bonds. The van der Waals surface area contributed by atoms with Gasteiger partial charge in [0.05, 0.1) is 119 Å². The van der Waals surface area contributed by atoms with Crippen molar-refractivity contribution in [3.8, 4) is 0 Å². The average molecular weight is 612 g/mol.